The number of rotatable bonds is 6. The van der Waals surface area contributed by atoms with Crippen LogP contribution in [0.2, 0.25) is 0 Å². The number of para-hydroxylation sites is 2. The molecule has 0 aliphatic carbocycles. The molecular formula is C22H27N3O2. The Morgan fingerprint density at radius 3 is 2.63 bits per heavy atom. The molecule has 0 radical (unpaired) electrons. The number of fused-ring (bicyclic) bond motifs is 1. The third-order valence-electron chi connectivity index (χ3n) is 4.80. The number of benzene rings is 2. The summed E-state index contributed by atoms with van der Waals surface area (Å²) >= 11 is 0. The lowest BCUT2D eigenvalue weighted by Gasteiger charge is -2.19. The number of hydrogen-bond acceptors (Lipinski definition) is 3. The minimum Gasteiger partial charge on any atom is -0.390 e. The van der Waals surface area contributed by atoms with Crippen molar-refractivity contribution < 1.29 is 9.90 Å². The van der Waals surface area contributed by atoms with Crippen molar-refractivity contribution in [2.45, 2.75) is 38.8 Å². The zero-order valence-corrected chi connectivity index (χ0v) is 16.4. The summed E-state index contributed by atoms with van der Waals surface area (Å²) in [7, 11) is 3.77. The van der Waals surface area contributed by atoms with Crippen molar-refractivity contribution in [2.24, 2.45) is 7.05 Å². The summed E-state index contributed by atoms with van der Waals surface area (Å²) in [6.07, 6.45) is 1.39. The Kier molecular flexibility index (Phi) is 5.33. The average molecular weight is 365 g/mol. The maximum absolute atomic E-state index is 12.9. The van der Waals surface area contributed by atoms with E-state index in [2.05, 4.69) is 4.98 Å². The molecule has 0 aliphatic heterocycles. The van der Waals surface area contributed by atoms with E-state index in [9.17, 15) is 9.90 Å². The molecule has 1 amide bonds. The van der Waals surface area contributed by atoms with Crippen LogP contribution < -0.4 is 0 Å². The Balaban J connectivity index is 1.74. The van der Waals surface area contributed by atoms with Crippen LogP contribution in [0.15, 0.2) is 48.5 Å². The van der Waals surface area contributed by atoms with Crippen LogP contribution in [0, 0.1) is 0 Å². The summed E-state index contributed by atoms with van der Waals surface area (Å²) < 4.78 is 2.03. The van der Waals surface area contributed by atoms with Crippen molar-refractivity contribution in [1.82, 2.24) is 14.5 Å². The largest absolute Gasteiger partial charge is 0.390 e. The summed E-state index contributed by atoms with van der Waals surface area (Å²) in [5.41, 5.74) is 2.99. The molecule has 2 aromatic carbocycles. The van der Waals surface area contributed by atoms with Crippen molar-refractivity contribution in [3.63, 3.8) is 0 Å². The molecule has 1 aromatic heterocycles. The second-order valence-electron chi connectivity index (χ2n) is 7.75. The minimum atomic E-state index is -0.711. The molecule has 0 spiro atoms. The van der Waals surface area contributed by atoms with Gasteiger partial charge in [0.1, 0.15) is 5.82 Å². The molecule has 0 aliphatic rings. The predicted molar refractivity (Wildman–Crippen MR) is 108 cm³/mol. The topological polar surface area (TPSA) is 58.4 Å². The van der Waals surface area contributed by atoms with Crippen LogP contribution in [0.5, 0.6) is 0 Å². The lowest BCUT2D eigenvalue weighted by Crippen LogP contribution is -2.27. The zero-order chi connectivity index (χ0) is 19.6. The molecule has 142 valence electrons. The van der Waals surface area contributed by atoms with Crippen LogP contribution in [-0.4, -0.2) is 38.1 Å². The van der Waals surface area contributed by atoms with E-state index in [-0.39, 0.29) is 5.91 Å². The molecular weight excluding hydrogens is 338 g/mol. The minimum absolute atomic E-state index is 0.0350. The van der Waals surface area contributed by atoms with Crippen molar-refractivity contribution in [3.05, 3.63) is 65.5 Å². The van der Waals surface area contributed by atoms with E-state index in [0.717, 1.165) is 28.8 Å². The number of carbonyl (C=O) groups is 1. The first-order chi connectivity index (χ1) is 12.7. The number of aromatic nitrogens is 2. The summed E-state index contributed by atoms with van der Waals surface area (Å²) in [4.78, 5) is 19.2. The van der Waals surface area contributed by atoms with Crippen LogP contribution in [0.4, 0.5) is 0 Å². The molecule has 0 fully saturated rings. The smallest absolute Gasteiger partial charge is 0.254 e. The van der Waals surface area contributed by atoms with Crippen molar-refractivity contribution >= 4 is 16.9 Å². The van der Waals surface area contributed by atoms with E-state index in [4.69, 9.17) is 0 Å². The van der Waals surface area contributed by atoms with E-state index in [1.807, 2.05) is 60.1 Å². The van der Waals surface area contributed by atoms with Crippen LogP contribution in [0.25, 0.3) is 11.0 Å². The quantitative estimate of drug-likeness (QED) is 0.727. The summed E-state index contributed by atoms with van der Waals surface area (Å²) in [5, 5.41) is 9.91. The molecule has 0 saturated heterocycles. The molecule has 27 heavy (non-hydrogen) atoms. The fourth-order valence-electron chi connectivity index (χ4n) is 3.15. The average Bonchev–Trinajstić information content (AvgIpc) is 2.95. The Hall–Kier alpha value is -2.66. The number of nitrogens with zero attached hydrogens (tertiary/aromatic N) is 3. The van der Waals surface area contributed by atoms with E-state index < -0.39 is 5.60 Å². The van der Waals surface area contributed by atoms with Crippen LogP contribution in [0.3, 0.4) is 0 Å². The first-order valence-corrected chi connectivity index (χ1v) is 9.22. The highest BCUT2D eigenvalue weighted by Gasteiger charge is 2.17. The van der Waals surface area contributed by atoms with Gasteiger partial charge in [-0.2, -0.15) is 0 Å². The Morgan fingerprint density at radius 1 is 1.19 bits per heavy atom. The predicted octanol–water partition coefficient (Wildman–Crippen LogP) is 3.55. The SMILES string of the molecule is CN(Cc1nc2ccccc2n1C)C(=O)c1cccc(CCC(C)(C)O)c1. The molecule has 1 N–H and O–H groups in total. The van der Waals surface area contributed by atoms with Gasteiger partial charge in [-0.25, -0.2) is 4.98 Å². The third-order valence-corrected chi connectivity index (χ3v) is 4.80. The molecule has 5 heteroatoms. The molecule has 3 rings (SSSR count). The molecule has 0 atom stereocenters. The van der Waals surface area contributed by atoms with Gasteiger partial charge in [-0.1, -0.05) is 24.3 Å². The number of imidazole rings is 1. The van der Waals surface area contributed by atoms with Gasteiger partial charge in [0.25, 0.3) is 5.91 Å². The number of aliphatic hydroxyl groups is 1. The van der Waals surface area contributed by atoms with Gasteiger partial charge in [-0.15, -0.1) is 0 Å². The van der Waals surface area contributed by atoms with Gasteiger partial charge in [0.15, 0.2) is 0 Å². The van der Waals surface area contributed by atoms with Gasteiger partial charge < -0.3 is 14.6 Å². The molecule has 3 aromatic rings. The Bertz CT molecular complexity index is 954. The van der Waals surface area contributed by atoms with Crippen molar-refractivity contribution in [1.29, 1.82) is 0 Å². The highest BCUT2D eigenvalue weighted by molar-refractivity contribution is 5.94. The van der Waals surface area contributed by atoms with Crippen LogP contribution >= 0.6 is 0 Å². The van der Waals surface area contributed by atoms with E-state index >= 15 is 0 Å². The monoisotopic (exact) mass is 365 g/mol. The van der Waals surface area contributed by atoms with Crippen LogP contribution in [0.1, 0.15) is 42.0 Å². The number of aryl methyl sites for hydroxylation is 2. The standard InChI is InChI=1S/C22H27N3O2/c1-22(2,27)13-12-16-8-7-9-17(14-16)21(26)24(3)15-20-23-18-10-5-6-11-19(18)25(20)4/h5-11,14,27H,12-13,15H2,1-4H3. The highest BCUT2D eigenvalue weighted by atomic mass is 16.3. The van der Waals surface area contributed by atoms with Gasteiger partial charge in [-0.05, 0) is 56.5 Å². The zero-order valence-electron chi connectivity index (χ0n) is 16.4. The number of amides is 1. The first kappa shape index (κ1) is 19.1. The summed E-state index contributed by atoms with van der Waals surface area (Å²) in [5.74, 6) is 0.817. The fourth-order valence-corrected chi connectivity index (χ4v) is 3.15. The maximum Gasteiger partial charge on any atom is 0.254 e. The van der Waals surface area contributed by atoms with E-state index in [1.165, 1.54) is 0 Å². The van der Waals surface area contributed by atoms with Crippen molar-refractivity contribution in [2.75, 3.05) is 7.05 Å². The second kappa shape index (κ2) is 7.53. The summed E-state index contributed by atoms with van der Waals surface area (Å²) in [6, 6.07) is 15.6. The third kappa shape index (κ3) is 4.55. The van der Waals surface area contributed by atoms with E-state index in [1.54, 1.807) is 25.8 Å². The molecule has 0 bridgehead atoms. The fraction of sp³-hybridized carbons (Fsp3) is 0.364. The normalized spacial score (nSPS) is 11.7. The molecule has 5 nitrogen and oxygen atoms in total. The van der Waals surface area contributed by atoms with Gasteiger partial charge in [0.2, 0.25) is 0 Å². The number of hydrogen-bond donors (Lipinski definition) is 1. The maximum atomic E-state index is 12.9. The van der Waals surface area contributed by atoms with Crippen LogP contribution in [-0.2, 0) is 20.0 Å². The Morgan fingerprint density at radius 2 is 1.93 bits per heavy atom. The lowest BCUT2D eigenvalue weighted by atomic mass is 9.98. The molecule has 0 saturated carbocycles. The molecule has 0 unspecified atom stereocenters. The van der Waals surface area contributed by atoms with Crippen molar-refractivity contribution in [3.8, 4) is 0 Å². The highest BCUT2D eigenvalue weighted by Crippen LogP contribution is 2.18. The van der Waals surface area contributed by atoms with Gasteiger partial charge in [0.05, 0.1) is 23.2 Å². The van der Waals surface area contributed by atoms with Gasteiger partial charge in [0, 0.05) is 19.7 Å². The van der Waals surface area contributed by atoms with Gasteiger partial charge in [-0.3, -0.25) is 4.79 Å². The number of carbonyl (C=O) groups excluding carboxylic acids is 1. The second-order valence-corrected chi connectivity index (χ2v) is 7.75. The van der Waals surface area contributed by atoms with Gasteiger partial charge >= 0.3 is 0 Å². The Labute approximate surface area is 160 Å². The molecule has 1 heterocycles. The summed E-state index contributed by atoms with van der Waals surface area (Å²) in [6.45, 7) is 4.04. The lowest BCUT2D eigenvalue weighted by molar-refractivity contribution is 0.0714. The first-order valence-electron chi connectivity index (χ1n) is 9.22. The van der Waals surface area contributed by atoms with E-state index in [0.29, 0.717) is 18.5 Å².